The second kappa shape index (κ2) is 6.28. The van der Waals surface area contributed by atoms with Crippen LogP contribution in [0.5, 0.6) is 0 Å². The summed E-state index contributed by atoms with van der Waals surface area (Å²) in [4.78, 5) is 26.7. The molecule has 0 fully saturated rings. The third-order valence-electron chi connectivity index (χ3n) is 4.53. The Kier molecular flexibility index (Phi) is 3.73. The molecule has 3 heterocycles. The Morgan fingerprint density at radius 3 is 2.75 bits per heavy atom. The minimum atomic E-state index is -0.246. The van der Waals surface area contributed by atoms with Crippen molar-refractivity contribution in [2.75, 3.05) is 0 Å². The van der Waals surface area contributed by atoms with Gasteiger partial charge in [0, 0.05) is 11.1 Å². The van der Waals surface area contributed by atoms with E-state index < -0.39 is 0 Å². The lowest BCUT2D eigenvalue weighted by atomic mass is 10.1. The number of benzene rings is 2. The van der Waals surface area contributed by atoms with Crippen LogP contribution < -0.4 is 5.69 Å². The van der Waals surface area contributed by atoms with E-state index in [9.17, 15) is 4.79 Å². The number of hydrogen-bond acceptors (Lipinski definition) is 6. The SMILES string of the molecule is Cc1ccc(-c2ncc(-c3nc(-c4ccc5[nH]c(=O)[nH]c5c4)no3)s2)c(C)c1. The van der Waals surface area contributed by atoms with E-state index in [1.165, 1.54) is 22.5 Å². The van der Waals surface area contributed by atoms with E-state index in [0.717, 1.165) is 26.5 Å². The molecule has 8 heteroatoms. The number of nitrogens with one attached hydrogen (secondary N) is 2. The smallest absolute Gasteiger partial charge is 0.323 e. The lowest BCUT2D eigenvalue weighted by Crippen LogP contribution is -1.99. The van der Waals surface area contributed by atoms with Crippen LogP contribution in [-0.4, -0.2) is 25.1 Å². The van der Waals surface area contributed by atoms with Crippen molar-refractivity contribution in [3.8, 4) is 32.7 Å². The highest BCUT2D eigenvalue weighted by molar-refractivity contribution is 7.18. The Balaban J connectivity index is 1.49. The molecule has 0 amide bonds. The van der Waals surface area contributed by atoms with Crippen molar-refractivity contribution in [2.45, 2.75) is 13.8 Å². The number of aromatic nitrogens is 5. The maximum Gasteiger partial charge on any atom is 0.323 e. The standard InChI is InChI=1S/C20H15N5O2S/c1-10-3-5-13(11(2)7-10)19-21-9-16(28-19)18-24-17(25-27-18)12-4-6-14-15(8-12)23-20(26)22-14/h3-9H,1-2H3,(H2,22,23,26). The molecule has 7 nitrogen and oxygen atoms in total. The molecule has 0 bridgehead atoms. The molecule has 138 valence electrons. The second-order valence-electron chi connectivity index (χ2n) is 6.61. The highest BCUT2D eigenvalue weighted by Crippen LogP contribution is 2.34. The maximum absolute atomic E-state index is 11.4. The zero-order valence-electron chi connectivity index (χ0n) is 15.1. The van der Waals surface area contributed by atoms with Gasteiger partial charge in [-0.15, -0.1) is 11.3 Å². The van der Waals surface area contributed by atoms with Gasteiger partial charge in [0.1, 0.15) is 9.88 Å². The molecule has 0 spiro atoms. The predicted octanol–water partition coefficient (Wildman–Crippen LogP) is 4.31. The molecule has 2 aromatic carbocycles. The molecule has 0 saturated carbocycles. The predicted molar refractivity (Wildman–Crippen MR) is 108 cm³/mol. The largest absolute Gasteiger partial charge is 0.333 e. The molecule has 0 aliphatic heterocycles. The van der Waals surface area contributed by atoms with Gasteiger partial charge in [-0.05, 0) is 37.6 Å². The number of fused-ring (bicyclic) bond motifs is 1. The normalized spacial score (nSPS) is 11.4. The van der Waals surface area contributed by atoms with Crippen LogP contribution in [0, 0.1) is 13.8 Å². The third kappa shape index (κ3) is 2.84. The molecule has 0 saturated heterocycles. The molecular formula is C20H15N5O2S. The van der Waals surface area contributed by atoms with Crippen LogP contribution in [0.15, 0.2) is 51.9 Å². The maximum atomic E-state index is 11.4. The van der Waals surface area contributed by atoms with E-state index in [-0.39, 0.29) is 5.69 Å². The van der Waals surface area contributed by atoms with Crippen molar-refractivity contribution in [1.82, 2.24) is 25.1 Å². The van der Waals surface area contributed by atoms with Gasteiger partial charge >= 0.3 is 5.69 Å². The van der Waals surface area contributed by atoms with Crippen molar-refractivity contribution in [1.29, 1.82) is 0 Å². The highest BCUT2D eigenvalue weighted by Gasteiger charge is 2.16. The van der Waals surface area contributed by atoms with Crippen molar-refractivity contribution < 1.29 is 4.52 Å². The second-order valence-corrected chi connectivity index (χ2v) is 7.64. The lowest BCUT2D eigenvalue weighted by Gasteiger charge is -2.02. The molecule has 3 aromatic heterocycles. The number of rotatable bonds is 3. The van der Waals surface area contributed by atoms with E-state index in [1.54, 1.807) is 6.20 Å². The number of aromatic amines is 2. The van der Waals surface area contributed by atoms with Gasteiger partial charge < -0.3 is 14.5 Å². The number of H-pyrrole nitrogens is 2. The minimum absolute atomic E-state index is 0.246. The summed E-state index contributed by atoms with van der Waals surface area (Å²) in [5.74, 6) is 0.881. The Morgan fingerprint density at radius 2 is 1.89 bits per heavy atom. The van der Waals surface area contributed by atoms with Gasteiger partial charge in [-0.3, -0.25) is 0 Å². The zero-order chi connectivity index (χ0) is 19.3. The van der Waals surface area contributed by atoms with Gasteiger partial charge in [0.25, 0.3) is 5.89 Å². The topological polar surface area (TPSA) is 100 Å². The molecule has 28 heavy (non-hydrogen) atoms. The van der Waals surface area contributed by atoms with Crippen LogP contribution in [0.1, 0.15) is 11.1 Å². The molecule has 0 unspecified atom stereocenters. The van der Waals surface area contributed by atoms with Gasteiger partial charge in [-0.2, -0.15) is 4.98 Å². The Morgan fingerprint density at radius 1 is 1.04 bits per heavy atom. The van der Waals surface area contributed by atoms with Crippen molar-refractivity contribution in [3.63, 3.8) is 0 Å². The summed E-state index contributed by atoms with van der Waals surface area (Å²) in [5.41, 5.74) is 5.45. The summed E-state index contributed by atoms with van der Waals surface area (Å²) >= 11 is 1.51. The van der Waals surface area contributed by atoms with E-state index in [1.807, 2.05) is 18.2 Å². The first kappa shape index (κ1) is 16.6. The number of thiazole rings is 1. The first-order chi connectivity index (χ1) is 13.6. The molecule has 5 aromatic rings. The van der Waals surface area contributed by atoms with Crippen molar-refractivity contribution in [2.24, 2.45) is 0 Å². The Hall–Kier alpha value is -3.52. The Bertz CT molecular complexity index is 1370. The minimum Gasteiger partial charge on any atom is -0.333 e. The van der Waals surface area contributed by atoms with E-state index >= 15 is 0 Å². The number of hydrogen-bond donors (Lipinski definition) is 2. The van der Waals surface area contributed by atoms with E-state index in [0.29, 0.717) is 17.2 Å². The van der Waals surface area contributed by atoms with E-state index in [2.05, 4.69) is 57.1 Å². The lowest BCUT2D eigenvalue weighted by molar-refractivity contribution is 0.433. The number of aryl methyl sites for hydroxylation is 2. The fourth-order valence-electron chi connectivity index (χ4n) is 3.16. The highest BCUT2D eigenvalue weighted by atomic mass is 32.1. The molecule has 0 aliphatic carbocycles. The van der Waals surface area contributed by atoms with Gasteiger partial charge in [-0.1, -0.05) is 28.9 Å². The van der Waals surface area contributed by atoms with Crippen LogP contribution in [0.3, 0.4) is 0 Å². The van der Waals surface area contributed by atoms with Crippen LogP contribution in [0.4, 0.5) is 0 Å². The van der Waals surface area contributed by atoms with Gasteiger partial charge in [0.05, 0.1) is 17.2 Å². The first-order valence-corrected chi connectivity index (χ1v) is 9.48. The van der Waals surface area contributed by atoms with E-state index in [4.69, 9.17) is 4.52 Å². The fourth-order valence-corrected chi connectivity index (χ4v) is 4.09. The third-order valence-corrected chi connectivity index (χ3v) is 5.55. The molecule has 0 atom stereocenters. The average Bonchev–Trinajstić information content (AvgIpc) is 3.39. The number of nitrogens with zero attached hydrogens (tertiary/aromatic N) is 3. The molecule has 2 N–H and O–H groups in total. The fraction of sp³-hybridized carbons (Fsp3) is 0.100. The first-order valence-electron chi connectivity index (χ1n) is 8.67. The van der Waals surface area contributed by atoms with Gasteiger partial charge in [0.15, 0.2) is 0 Å². The quantitative estimate of drug-likeness (QED) is 0.479. The van der Waals surface area contributed by atoms with Gasteiger partial charge in [-0.25, -0.2) is 9.78 Å². The zero-order valence-corrected chi connectivity index (χ0v) is 15.9. The van der Waals surface area contributed by atoms with Crippen molar-refractivity contribution >= 4 is 22.4 Å². The summed E-state index contributed by atoms with van der Waals surface area (Å²) < 4.78 is 5.45. The molecular weight excluding hydrogens is 374 g/mol. The van der Waals surface area contributed by atoms with Gasteiger partial charge in [0.2, 0.25) is 5.82 Å². The van der Waals surface area contributed by atoms with Crippen LogP contribution in [0.25, 0.3) is 43.8 Å². The monoisotopic (exact) mass is 389 g/mol. The average molecular weight is 389 g/mol. The Labute approximate surface area is 163 Å². The number of imidazole rings is 1. The van der Waals surface area contributed by atoms with Crippen LogP contribution in [-0.2, 0) is 0 Å². The summed E-state index contributed by atoms with van der Waals surface area (Å²) in [5, 5.41) is 4.99. The molecule has 0 radical (unpaired) electrons. The molecule has 0 aliphatic rings. The summed E-state index contributed by atoms with van der Waals surface area (Å²) in [6, 6.07) is 11.8. The van der Waals surface area contributed by atoms with Crippen LogP contribution in [0.2, 0.25) is 0 Å². The molecule has 5 rings (SSSR count). The summed E-state index contributed by atoms with van der Waals surface area (Å²) in [6.45, 7) is 4.15. The van der Waals surface area contributed by atoms with Crippen LogP contribution >= 0.6 is 11.3 Å². The summed E-state index contributed by atoms with van der Waals surface area (Å²) in [7, 11) is 0. The van der Waals surface area contributed by atoms with Crippen molar-refractivity contribution in [3.05, 3.63) is 64.2 Å². The summed E-state index contributed by atoms with van der Waals surface area (Å²) in [6.07, 6.45) is 1.75.